The zero-order chi connectivity index (χ0) is 19.4. The van der Waals surface area contributed by atoms with Gasteiger partial charge < -0.3 is 0 Å². The second-order valence-corrected chi connectivity index (χ2v) is 7.56. The fraction of sp³-hybridized carbons (Fsp3) is 0.0556. The molecule has 0 bridgehead atoms. The minimum atomic E-state index is -0.578. The predicted molar refractivity (Wildman–Crippen MR) is 108 cm³/mol. The number of nitro benzene ring substituents is 2. The van der Waals surface area contributed by atoms with Crippen molar-refractivity contribution in [1.29, 1.82) is 0 Å². The third-order valence-corrected chi connectivity index (χ3v) is 5.32. The van der Waals surface area contributed by atoms with E-state index in [1.54, 1.807) is 6.92 Å². The monoisotopic (exact) mass is 399 g/mol. The summed E-state index contributed by atoms with van der Waals surface area (Å²) >= 11 is 2.50. The molecule has 0 spiro atoms. The van der Waals surface area contributed by atoms with Crippen molar-refractivity contribution in [2.24, 2.45) is 4.99 Å². The van der Waals surface area contributed by atoms with E-state index in [4.69, 9.17) is 0 Å². The lowest BCUT2D eigenvalue weighted by Crippen LogP contribution is -1.95. The van der Waals surface area contributed by atoms with Crippen LogP contribution < -0.4 is 0 Å². The van der Waals surface area contributed by atoms with Gasteiger partial charge in [-0.3, -0.25) is 20.2 Å². The quantitative estimate of drug-likeness (QED) is 0.170. The van der Waals surface area contributed by atoms with Crippen molar-refractivity contribution in [2.45, 2.75) is 11.8 Å². The molecule has 136 valence electrons. The minimum absolute atomic E-state index is 0.184. The Hall–Kier alpha value is -3.04. The van der Waals surface area contributed by atoms with Crippen molar-refractivity contribution >= 4 is 44.5 Å². The molecule has 0 amide bonds. The third-order valence-electron chi connectivity index (χ3n) is 3.57. The highest BCUT2D eigenvalue weighted by Gasteiger charge is 2.19. The summed E-state index contributed by atoms with van der Waals surface area (Å²) in [7, 11) is 0. The molecule has 3 aromatic rings. The van der Waals surface area contributed by atoms with Crippen LogP contribution in [0, 0.1) is 20.2 Å². The van der Waals surface area contributed by atoms with Crippen molar-refractivity contribution in [3.05, 3.63) is 80.2 Å². The maximum Gasteiger partial charge on any atom is 0.283 e. The molecule has 0 fully saturated rings. The number of nitrogens with zero attached hydrogens (tertiary/aromatic N) is 3. The van der Waals surface area contributed by atoms with Gasteiger partial charge in [0.2, 0.25) is 0 Å². The van der Waals surface area contributed by atoms with Gasteiger partial charge in [-0.15, -0.1) is 11.3 Å². The molecule has 0 N–H and O–H groups in total. The van der Waals surface area contributed by atoms with Gasteiger partial charge in [0, 0.05) is 23.6 Å². The van der Waals surface area contributed by atoms with Crippen molar-refractivity contribution < 1.29 is 9.85 Å². The lowest BCUT2D eigenvalue weighted by Gasteiger charge is -2.02. The van der Waals surface area contributed by atoms with Gasteiger partial charge in [0.05, 0.1) is 19.8 Å². The Kier molecular flexibility index (Phi) is 5.63. The number of thioether (sulfide) groups is 1. The maximum atomic E-state index is 11.2. The summed E-state index contributed by atoms with van der Waals surface area (Å²) in [4.78, 5) is 25.7. The van der Waals surface area contributed by atoms with E-state index in [9.17, 15) is 20.2 Å². The number of hydrogen-bond acceptors (Lipinski definition) is 7. The molecule has 27 heavy (non-hydrogen) atoms. The summed E-state index contributed by atoms with van der Waals surface area (Å²) in [5.41, 5.74) is 1.74. The Balaban J connectivity index is 1.86. The van der Waals surface area contributed by atoms with Crippen molar-refractivity contribution in [2.75, 3.05) is 0 Å². The molecule has 1 heterocycles. The van der Waals surface area contributed by atoms with E-state index in [0.717, 1.165) is 40.0 Å². The van der Waals surface area contributed by atoms with Gasteiger partial charge >= 0.3 is 0 Å². The van der Waals surface area contributed by atoms with E-state index in [2.05, 4.69) is 4.99 Å². The molecule has 9 heteroatoms. The second kappa shape index (κ2) is 8.11. The van der Waals surface area contributed by atoms with Gasteiger partial charge in [-0.2, -0.15) is 0 Å². The van der Waals surface area contributed by atoms with E-state index in [0.29, 0.717) is 5.04 Å². The van der Waals surface area contributed by atoms with Crippen LogP contribution in [0.2, 0.25) is 0 Å². The third kappa shape index (κ3) is 4.57. The smallest absolute Gasteiger partial charge is 0.258 e. The molecule has 0 radical (unpaired) electrons. The first-order valence-electron chi connectivity index (χ1n) is 7.74. The molecule has 0 saturated carbocycles. The SMILES string of the molecule is C/C(=N\c1cc(-c2ccccc2)cs1)Sc1cc([N+](=O)[O-])ccc1[N+](=O)[O-]. The predicted octanol–water partition coefficient (Wildman–Crippen LogP) is 6.07. The normalized spacial score (nSPS) is 11.4. The molecule has 1 aromatic heterocycles. The molecular formula is C18H13N3O4S2. The molecule has 7 nitrogen and oxygen atoms in total. The highest BCUT2D eigenvalue weighted by Crippen LogP contribution is 2.36. The molecule has 0 saturated heterocycles. The molecule has 0 atom stereocenters. The topological polar surface area (TPSA) is 98.6 Å². The van der Waals surface area contributed by atoms with Gasteiger partial charge in [-0.1, -0.05) is 42.1 Å². The molecule has 0 aliphatic heterocycles. The van der Waals surface area contributed by atoms with E-state index in [-0.39, 0.29) is 16.3 Å². The van der Waals surface area contributed by atoms with E-state index >= 15 is 0 Å². The summed E-state index contributed by atoms with van der Waals surface area (Å²) in [5.74, 6) is 0. The minimum Gasteiger partial charge on any atom is -0.258 e. The lowest BCUT2D eigenvalue weighted by molar-refractivity contribution is -0.391. The fourth-order valence-corrected chi connectivity index (χ4v) is 4.13. The Morgan fingerprint density at radius 1 is 1.00 bits per heavy atom. The van der Waals surface area contributed by atoms with Gasteiger partial charge in [-0.05, 0) is 24.1 Å². The van der Waals surface area contributed by atoms with Gasteiger partial charge in [0.1, 0.15) is 5.00 Å². The van der Waals surface area contributed by atoms with E-state index < -0.39 is 9.85 Å². The molecule has 0 unspecified atom stereocenters. The number of nitro groups is 2. The van der Waals surface area contributed by atoms with Crippen molar-refractivity contribution in [3.63, 3.8) is 0 Å². The molecule has 0 aliphatic carbocycles. The van der Waals surface area contributed by atoms with Crippen LogP contribution in [0.25, 0.3) is 11.1 Å². The Morgan fingerprint density at radius 3 is 2.41 bits per heavy atom. The molecule has 0 aliphatic rings. The zero-order valence-electron chi connectivity index (χ0n) is 14.1. The molecule has 2 aromatic carbocycles. The number of rotatable bonds is 5. The van der Waals surface area contributed by atoms with Crippen molar-refractivity contribution in [3.8, 4) is 11.1 Å². The lowest BCUT2D eigenvalue weighted by atomic mass is 10.1. The average molecular weight is 399 g/mol. The van der Waals surface area contributed by atoms with Crippen LogP contribution >= 0.6 is 23.1 Å². The van der Waals surface area contributed by atoms with Crippen LogP contribution in [0.1, 0.15) is 6.92 Å². The number of aliphatic imine (C=N–C) groups is 1. The largest absolute Gasteiger partial charge is 0.283 e. The number of benzene rings is 2. The van der Waals surface area contributed by atoms with Crippen LogP contribution in [0.15, 0.2) is 69.9 Å². The fourth-order valence-electron chi connectivity index (χ4n) is 2.35. The number of thiophene rings is 1. The molecular weight excluding hydrogens is 386 g/mol. The van der Waals surface area contributed by atoms with Crippen molar-refractivity contribution in [1.82, 2.24) is 0 Å². The van der Waals surface area contributed by atoms with Crippen LogP contribution in [0.5, 0.6) is 0 Å². The van der Waals surface area contributed by atoms with Gasteiger partial charge in [-0.25, -0.2) is 4.99 Å². The second-order valence-electron chi connectivity index (χ2n) is 5.44. The first-order chi connectivity index (χ1) is 12.9. The first kappa shape index (κ1) is 18.7. The maximum absolute atomic E-state index is 11.2. The van der Waals surface area contributed by atoms with Gasteiger partial charge in [0.25, 0.3) is 11.4 Å². The Bertz CT molecular complexity index is 1030. The first-order valence-corrected chi connectivity index (χ1v) is 9.43. The average Bonchev–Trinajstić information content (AvgIpc) is 3.10. The summed E-state index contributed by atoms with van der Waals surface area (Å²) < 4.78 is 0. The summed E-state index contributed by atoms with van der Waals surface area (Å²) in [5, 5.41) is 25.4. The zero-order valence-corrected chi connectivity index (χ0v) is 15.7. The Labute approximate surface area is 162 Å². The standard InChI is InChI=1S/C18H13N3O4S2/c1-12(19-18-9-14(11-26-18)13-5-3-2-4-6-13)27-17-10-15(20(22)23)7-8-16(17)21(24)25/h2-11H,1H3/b19-12+. The highest BCUT2D eigenvalue weighted by atomic mass is 32.2. The van der Waals surface area contributed by atoms with Crippen LogP contribution in [-0.4, -0.2) is 14.9 Å². The van der Waals surface area contributed by atoms with E-state index in [1.807, 2.05) is 41.8 Å². The van der Waals surface area contributed by atoms with Crippen LogP contribution in [-0.2, 0) is 0 Å². The number of non-ortho nitro benzene ring substituents is 1. The van der Waals surface area contributed by atoms with Gasteiger partial charge in [0.15, 0.2) is 0 Å². The molecule has 3 rings (SSSR count). The van der Waals surface area contributed by atoms with Crippen LogP contribution in [0.4, 0.5) is 16.4 Å². The summed E-state index contributed by atoms with van der Waals surface area (Å²) in [6.45, 7) is 1.72. The van der Waals surface area contributed by atoms with E-state index in [1.165, 1.54) is 17.4 Å². The number of hydrogen-bond donors (Lipinski definition) is 0. The summed E-state index contributed by atoms with van der Waals surface area (Å²) in [6.07, 6.45) is 0. The summed E-state index contributed by atoms with van der Waals surface area (Å²) in [6, 6.07) is 15.3. The Morgan fingerprint density at radius 2 is 1.74 bits per heavy atom. The van der Waals surface area contributed by atoms with Crippen LogP contribution in [0.3, 0.4) is 0 Å². The highest BCUT2D eigenvalue weighted by molar-refractivity contribution is 8.14.